The molecule has 0 saturated carbocycles. The Balaban J connectivity index is 1.47. The van der Waals surface area contributed by atoms with E-state index < -0.39 is 18.5 Å². The summed E-state index contributed by atoms with van der Waals surface area (Å²) in [6, 6.07) is 17.9. The molecule has 0 aromatic heterocycles. The van der Waals surface area contributed by atoms with E-state index >= 15 is 0 Å². The minimum absolute atomic E-state index is 0.223. The largest absolute Gasteiger partial charge is 0.463 e. The Labute approximate surface area is 164 Å². The molecule has 2 rings (SSSR count). The van der Waals surface area contributed by atoms with Crippen LogP contribution < -0.4 is 0 Å². The van der Waals surface area contributed by atoms with Gasteiger partial charge in [0.25, 0.3) is 0 Å². The predicted molar refractivity (Wildman–Crippen MR) is 102 cm³/mol. The van der Waals surface area contributed by atoms with Crippen LogP contribution in [0.4, 0.5) is 0 Å². The van der Waals surface area contributed by atoms with E-state index in [9.17, 15) is 14.4 Å². The van der Waals surface area contributed by atoms with Gasteiger partial charge in [0.2, 0.25) is 0 Å². The molecule has 0 aliphatic carbocycles. The van der Waals surface area contributed by atoms with E-state index in [2.05, 4.69) is 0 Å². The lowest BCUT2D eigenvalue weighted by molar-refractivity contribution is -0.148. The van der Waals surface area contributed by atoms with Crippen molar-refractivity contribution in [1.29, 1.82) is 0 Å². The summed E-state index contributed by atoms with van der Waals surface area (Å²) in [5.74, 6) is -1.40. The van der Waals surface area contributed by atoms with E-state index in [-0.39, 0.29) is 19.2 Å². The van der Waals surface area contributed by atoms with Gasteiger partial charge in [0, 0.05) is 6.42 Å². The second-order valence-electron chi connectivity index (χ2n) is 6.12. The summed E-state index contributed by atoms with van der Waals surface area (Å²) in [5.41, 5.74) is 1.34. The molecular formula is C22H24O6. The standard InChI is InChI=1S/C22H24O6/c23-20(27-16-18-10-4-1-5-11-18)14-8-3-9-15-26-21(24)17-28-22(25)19-12-6-2-7-13-19/h1-2,4-7,10-13H,3,8-9,14-17H2. The first-order valence-electron chi connectivity index (χ1n) is 9.22. The van der Waals surface area contributed by atoms with Crippen LogP contribution >= 0.6 is 0 Å². The van der Waals surface area contributed by atoms with Gasteiger partial charge in [-0.05, 0) is 37.0 Å². The molecule has 0 radical (unpaired) electrons. The average molecular weight is 384 g/mol. The van der Waals surface area contributed by atoms with Crippen molar-refractivity contribution in [3.63, 3.8) is 0 Å². The minimum Gasteiger partial charge on any atom is -0.463 e. The van der Waals surface area contributed by atoms with Gasteiger partial charge in [-0.1, -0.05) is 48.5 Å². The Morgan fingerprint density at radius 2 is 1.36 bits per heavy atom. The summed E-state index contributed by atoms with van der Waals surface area (Å²) in [7, 11) is 0. The van der Waals surface area contributed by atoms with Crippen LogP contribution in [0.2, 0.25) is 0 Å². The average Bonchev–Trinajstić information content (AvgIpc) is 2.74. The molecule has 0 N–H and O–H groups in total. The second-order valence-corrected chi connectivity index (χ2v) is 6.12. The Morgan fingerprint density at radius 1 is 0.679 bits per heavy atom. The van der Waals surface area contributed by atoms with Crippen LogP contribution in [0.3, 0.4) is 0 Å². The molecule has 28 heavy (non-hydrogen) atoms. The van der Waals surface area contributed by atoms with Gasteiger partial charge in [0.1, 0.15) is 6.61 Å². The van der Waals surface area contributed by atoms with E-state index in [0.717, 1.165) is 12.0 Å². The van der Waals surface area contributed by atoms with Crippen LogP contribution in [0.1, 0.15) is 41.6 Å². The molecule has 0 saturated heterocycles. The van der Waals surface area contributed by atoms with Gasteiger partial charge in [-0.3, -0.25) is 4.79 Å². The predicted octanol–water partition coefficient (Wildman–Crippen LogP) is 3.69. The quantitative estimate of drug-likeness (QED) is 0.334. The Kier molecular flexibility index (Phi) is 9.27. The van der Waals surface area contributed by atoms with Crippen molar-refractivity contribution < 1.29 is 28.6 Å². The maximum absolute atomic E-state index is 11.7. The van der Waals surface area contributed by atoms with Gasteiger partial charge in [-0.25, -0.2) is 9.59 Å². The molecule has 2 aromatic rings. The van der Waals surface area contributed by atoms with Crippen LogP contribution in [0.15, 0.2) is 60.7 Å². The second kappa shape index (κ2) is 12.3. The highest BCUT2D eigenvalue weighted by Gasteiger charge is 2.10. The molecule has 0 unspecified atom stereocenters. The third kappa shape index (κ3) is 8.49. The van der Waals surface area contributed by atoms with Gasteiger partial charge < -0.3 is 14.2 Å². The highest BCUT2D eigenvalue weighted by molar-refractivity contribution is 5.90. The zero-order valence-electron chi connectivity index (χ0n) is 15.7. The maximum atomic E-state index is 11.7. The molecule has 148 valence electrons. The van der Waals surface area contributed by atoms with E-state index in [4.69, 9.17) is 14.2 Å². The van der Waals surface area contributed by atoms with Crippen molar-refractivity contribution in [2.24, 2.45) is 0 Å². The van der Waals surface area contributed by atoms with Crippen molar-refractivity contribution in [3.8, 4) is 0 Å². The van der Waals surface area contributed by atoms with Crippen LogP contribution in [-0.2, 0) is 30.4 Å². The summed E-state index contributed by atoms with van der Waals surface area (Å²) in [6.07, 6.45) is 2.35. The van der Waals surface area contributed by atoms with Gasteiger partial charge in [-0.15, -0.1) is 0 Å². The number of carbonyl (C=O) groups excluding carboxylic acids is 3. The minimum atomic E-state index is -0.591. The van der Waals surface area contributed by atoms with Gasteiger partial charge in [0.15, 0.2) is 6.61 Å². The van der Waals surface area contributed by atoms with E-state index in [1.807, 2.05) is 30.3 Å². The fourth-order valence-corrected chi connectivity index (χ4v) is 2.37. The fraction of sp³-hybridized carbons (Fsp3) is 0.318. The lowest BCUT2D eigenvalue weighted by Gasteiger charge is -2.07. The summed E-state index contributed by atoms with van der Waals surface area (Å²) in [4.78, 5) is 34.9. The first-order chi connectivity index (χ1) is 13.6. The van der Waals surface area contributed by atoms with Gasteiger partial charge in [0.05, 0.1) is 12.2 Å². The Morgan fingerprint density at radius 3 is 2.07 bits per heavy atom. The monoisotopic (exact) mass is 384 g/mol. The van der Waals surface area contributed by atoms with Crippen LogP contribution in [0.5, 0.6) is 0 Å². The third-order valence-electron chi connectivity index (χ3n) is 3.86. The lowest BCUT2D eigenvalue weighted by atomic mass is 10.2. The number of hydrogen-bond acceptors (Lipinski definition) is 6. The molecule has 0 aliphatic rings. The number of esters is 3. The van der Waals surface area contributed by atoms with Crippen molar-refractivity contribution in [2.75, 3.05) is 13.2 Å². The number of carbonyl (C=O) groups is 3. The molecule has 6 heteroatoms. The van der Waals surface area contributed by atoms with E-state index in [1.54, 1.807) is 30.3 Å². The molecule has 0 heterocycles. The molecule has 2 aromatic carbocycles. The topological polar surface area (TPSA) is 78.9 Å². The van der Waals surface area contributed by atoms with Crippen LogP contribution in [0, 0.1) is 0 Å². The summed E-state index contributed by atoms with van der Waals surface area (Å²) in [5, 5.41) is 0. The number of benzene rings is 2. The zero-order valence-corrected chi connectivity index (χ0v) is 15.7. The first kappa shape index (κ1) is 21.2. The zero-order chi connectivity index (χ0) is 20.0. The molecule has 0 spiro atoms. The van der Waals surface area contributed by atoms with Crippen molar-refractivity contribution in [2.45, 2.75) is 32.3 Å². The summed E-state index contributed by atoms with van der Waals surface area (Å²) >= 11 is 0. The Bertz CT molecular complexity index is 742. The van der Waals surface area contributed by atoms with Crippen molar-refractivity contribution in [1.82, 2.24) is 0 Å². The number of unbranched alkanes of at least 4 members (excludes halogenated alkanes) is 2. The molecule has 0 bridgehead atoms. The van der Waals surface area contributed by atoms with E-state index in [0.29, 0.717) is 24.8 Å². The van der Waals surface area contributed by atoms with Gasteiger partial charge in [-0.2, -0.15) is 0 Å². The summed E-state index contributed by atoms with van der Waals surface area (Å²) in [6.45, 7) is 0.0826. The lowest BCUT2D eigenvalue weighted by Crippen LogP contribution is -2.17. The number of rotatable bonds is 11. The first-order valence-corrected chi connectivity index (χ1v) is 9.22. The molecule has 0 atom stereocenters. The molecule has 0 fully saturated rings. The van der Waals surface area contributed by atoms with E-state index in [1.165, 1.54) is 0 Å². The van der Waals surface area contributed by atoms with Crippen molar-refractivity contribution in [3.05, 3.63) is 71.8 Å². The highest BCUT2D eigenvalue weighted by atomic mass is 16.6. The van der Waals surface area contributed by atoms with Crippen molar-refractivity contribution >= 4 is 17.9 Å². The molecule has 6 nitrogen and oxygen atoms in total. The number of hydrogen-bond donors (Lipinski definition) is 0. The van der Waals surface area contributed by atoms with Crippen LogP contribution in [0.25, 0.3) is 0 Å². The third-order valence-corrected chi connectivity index (χ3v) is 3.86. The number of ether oxygens (including phenoxy) is 3. The Hall–Kier alpha value is -3.15. The maximum Gasteiger partial charge on any atom is 0.344 e. The fourth-order valence-electron chi connectivity index (χ4n) is 2.37. The van der Waals surface area contributed by atoms with Crippen LogP contribution in [-0.4, -0.2) is 31.1 Å². The van der Waals surface area contributed by atoms with Gasteiger partial charge >= 0.3 is 17.9 Å². The molecule has 0 aliphatic heterocycles. The normalized spacial score (nSPS) is 10.1. The smallest absolute Gasteiger partial charge is 0.344 e. The molecular weight excluding hydrogens is 360 g/mol. The molecule has 0 amide bonds. The highest BCUT2D eigenvalue weighted by Crippen LogP contribution is 2.06. The summed E-state index contributed by atoms with van der Waals surface area (Å²) < 4.78 is 15.1. The SMILES string of the molecule is O=C(CCCCCOC(=O)COC(=O)c1ccccc1)OCc1ccccc1.